The normalized spacial score (nSPS) is 15.0. The highest BCUT2D eigenvalue weighted by molar-refractivity contribution is 6.51. The minimum atomic E-state index is -0.421. The van der Waals surface area contributed by atoms with Crippen LogP contribution in [0, 0.1) is 17.0 Å². The number of nitrogens with one attached hydrogen (secondary N) is 1. The van der Waals surface area contributed by atoms with Gasteiger partial charge in [-0.3, -0.25) is 10.1 Å². The van der Waals surface area contributed by atoms with Crippen LogP contribution < -0.4 is 15.0 Å². The number of hydrogen-bond donors (Lipinski definition) is 1. The molecular weight excluding hydrogens is 566 g/mol. The Morgan fingerprint density at radius 2 is 1.65 bits per heavy atom. The second kappa shape index (κ2) is 10.4. The Hall–Kier alpha value is -5.48. The number of benzene rings is 4. The summed E-state index contributed by atoms with van der Waals surface area (Å²) in [4.78, 5) is 23.3. The third-order valence-electron chi connectivity index (χ3n) is 7.48. The summed E-state index contributed by atoms with van der Waals surface area (Å²) in [5.74, 6) is 2.52. The van der Waals surface area contributed by atoms with Gasteiger partial charge in [0.2, 0.25) is 0 Å². The van der Waals surface area contributed by atoms with Crippen LogP contribution in [0.15, 0.2) is 107 Å². The Labute approximate surface area is 251 Å². The maximum absolute atomic E-state index is 11.3. The standard InChI is InChI=1S/C32H24ClN7O3/c1-19-28-29(20-7-9-21(33)10-8-20)38-27-6-4-3-5-26(27)35-30(34-22-11-17-25(43-2)18-12-22)32(38)36-31(28)39(37-19)23-13-15-24(16-14-23)40(41)42/h3-18,29H,1-2H3,(H,34,35)/t29-/m0/s1. The van der Waals surface area contributed by atoms with E-state index < -0.39 is 4.92 Å². The molecule has 43 heavy (non-hydrogen) atoms. The molecule has 0 saturated heterocycles. The van der Waals surface area contributed by atoms with E-state index in [1.165, 1.54) is 12.1 Å². The Morgan fingerprint density at radius 3 is 2.35 bits per heavy atom. The van der Waals surface area contributed by atoms with Crippen LogP contribution >= 0.6 is 11.6 Å². The van der Waals surface area contributed by atoms with Gasteiger partial charge >= 0.3 is 0 Å². The van der Waals surface area contributed by atoms with Crippen LogP contribution in [0.25, 0.3) is 5.69 Å². The fourth-order valence-corrected chi connectivity index (χ4v) is 5.59. The molecule has 0 radical (unpaired) electrons. The average Bonchev–Trinajstić information content (AvgIpc) is 3.36. The zero-order chi connectivity index (χ0) is 29.7. The highest BCUT2D eigenvalue weighted by Gasteiger charge is 2.41. The number of nitro benzene ring substituents is 1. The van der Waals surface area contributed by atoms with Gasteiger partial charge in [-0.15, -0.1) is 0 Å². The van der Waals surface area contributed by atoms with E-state index in [0.29, 0.717) is 28.2 Å². The molecule has 2 aliphatic rings. The topological polar surface area (TPSA) is 110 Å². The van der Waals surface area contributed by atoms with Crippen molar-refractivity contribution < 1.29 is 9.66 Å². The summed E-state index contributed by atoms with van der Waals surface area (Å²) in [6, 6.07) is 29.3. The number of rotatable bonds is 5. The minimum absolute atomic E-state index is 0.0000223. The van der Waals surface area contributed by atoms with Crippen LogP contribution in [-0.2, 0) is 0 Å². The summed E-state index contributed by atoms with van der Waals surface area (Å²) < 4.78 is 7.06. The number of aliphatic imine (C=N–C) groups is 2. The van der Waals surface area contributed by atoms with Crippen molar-refractivity contribution in [2.24, 2.45) is 9.98 Å². The van der Waals surface area contributed by atoms with E-state index in [1.807, 2.05) is 79.7 Å². The number of nitrogens with zero attached hydrogens (tertiary/aromatic N) is 6. The Balaban J connectivity index is 1.45. The van der Waals surface area contributed by atoms with E-state index in [-0.39, 0.29) is 11.7 Å². The van der Waals surface area contributed by atoms with Crippen molar-refractivity contribution >= 4 is 51.8 Å². The zero-order valence-corrected chi connectivity index (χ0v) is 23.9. The summed E-state index contributed by atoms with van der Waals surface area (Å²) in [6.45, 7) is 1.95. The molecule has 0 fully saturated rings. The molecule has 0 spiro atoms. The number of amidine groups is 2. The predicted octanol–water partition coefficient (Wildman–Crippen LogP) is 7.55. The Morgan fingerprint density at radius 1 is 0.930 bits per heavy atom. The summed E-state index contributed by atoms with van der Waals surface area (Å²) in [5.41, 5.74) is 5.83. The lowest BCUT2D eigenvalue weighted by Gasteiger charge is -2.40. The molecule has 5 aromatic rings. The van der Waals surface area contributed by atoms with Gasteiger partial charge in [0.25, 0.3) is 5.69 Å². The van der Waals surface area contributed by atoms with Crippen LogP contribution in [0.2, 0.25) is 5.02 Å². The van der Waals surface area contributed by atoms with Crippen LogP contribution in [-0.4, -0.2) is 33.5 Å². The number of non-ortho nitro benzene ring substituents is 1. The van der Waals surface area contributed by atoms with Gasteiger partial charge in [0.15, 0.2) is 17.5 Å². The third kappa shape index (κ3) is 4.58. The Kier molecular flexibility index (Phi) is 6.40. The fraction of sp³-hybridized carbons (Fsp3) is 0.0938. The molecule has 0 saturated carbocycles. The molecule has 0 amide bonds. The first-order valence-corrected chi connectivity index (χ1v) is 13.9. The first kappa shape index (κ1) is 26.4. The molecule has 0 unspecified atom stereocenters. The number of aromatic nitrogens is 2. The number of aryl methyl sites for hydroxylation is 1. The number of hydrogen-bond acceptors (Lipinski definition) is 8. The van der Waals surface area contributed by atoms with Crippen molar-refractivity contribution in [3.05, 3.63) is 129 Å². The van der Waals surface area contributed by atoms with Crippen LogP contribution in [0.1, 0.15) is 22.9 Å². The highest BCUT2D eigenvalue weighted by atomic mass is 35.5. The van der Waals surface area contributed by atoms with Crippen molar-refractivity contribution in [2.75, 3.05) is 17.3 Å². The molecule has 2 aliphatic heterocycles. The van der Waals surface area contributed by atoms with Crippen LogP contribution in [0.3, 0.4) is 0 Å². The molecule has 4 aromatic carbocycles. The third-order valence-corrected chi connectivity index (χ3v) is 7.73. The molecule has 10 nitrogen and oxygen atoms in total. The quantitative estimate of drug-likeness (QED) is 0.167. The molecule has 1 N–H and O–H groups in total. The molecule has 3 heterocycles. The number of para-hydroxylation sites is 2. The van der Waals surface area contributed by atoms with Crippen molar-refractivity contribution in [2.45, 2.75) is 13.0 Å². The van der Waals surface area contributed by atoms with Gasteiger partial charge in [0, 0.05) is 28.4 Å². The summed E-state index contributed by atoms with van der Waals surface area (Å²) >= 11 is 6.31. The molecule has 11 heteroatoms. The number of ether oxygens (including phenoxy) is 1. The van der Waals surface area contributed by atoms with Gasteiger partial charge in [-0.2, -0.15) is 5.10 Å². The number of halogens is 1. The van der Waals surface area contributed by atoms with Crippen molar-refractivity contribution in [3.63, 3.8) is 0 Å². The van der Waals surface area contributed by atoms with Gasteiger partial charge < -0.3 is 15.0 Å². The second-order valence-electron chi connectivity index (χ2n) is 10.1. The van der Waals surface area contributed by atoms with Crippen molar-refractivity contribution in [1.29, 1.82) is 0 Å². The number of anilines is 2. The lowest BCUT2D eigenvalue weighted by atomic mass is 9.93. The van der Waals surface area contributed by atoms with E-state index in [2.05, 4.69) is 10.2 Å². The second-order valence-corrected chi connectivity index (χ2v) is 10.5. The number of methoxy groups -OCH3 is 1. The molecule has 7 rings (SSSR count). The van der Waals surface area contributed by atoms with Gasteiger partial charge in [0.05, 0.1) is 40.8 Å². The molecule has 1 atom stereocenters. The highest BCUT2D eigenvalue weighted by Crippen LogP contribution is 2.48. The minimum Gasteiger partial charge on any atom is -0.497 e. The first-order chi connectivity index (χ1) is 20.9. The van der Waals surface area contributed by atoms with E-state index in [9.17, 15) is 10.1 Å². The zero-order valence-electron chi connectivity index (χ0n) is 23.1. The average molecular weight is 590 g/mol. The van der Waals surface area contributed by atoms with Crippen molar-refractivity contribution in [3.8, 4) is 11.4 Å². The molecule has 0 aliphatic carbocycles. The van der Waals surface area contributed by atoms with Crippen LogP contribution in [0.4, 0.5) is 28.6 Å². The molecule has 212 valence electrons. The maximum Gasteiger partial charge on any atom is 0.269 e. The van der Waals surface area contributed by atoms with Gasteiger partial charge in [0.1, 0.15) is 5.75 Å². The summed E-state index contributed by atoms with van der Waals surface area (Å²) in [7, 11) is 1.63. The first-order valence-electron chi connectivity index (χ1n) is 13.5. The van der Waals surface area contributed by atoms with Gasteiger partial charge in [-0.05, 0) is 73.2 Å². The van der Waals surface area contributed by atoms with Crippen LogP contribution in [0.5, 0.6) is 5.75 Å². The lowest BCUT2D eigenvalue weighted by molar-refractivity contribution is -0.384. The predicted molar refractivity (Wildman–Crippen MR) is 168 cm³/mol. The van der Waals surface area contributed by atoms with E-state index in [1.54, 1.807) is 23.9 Å². The number of fused-ring (bicyclic) bond motifs is 4. The lowest BCUT2D eigenvalue weighted by Crippen LogP contribution is -2.46. The molecular formula is C32H24ClN7O3. The van der Waals surface area contributed by atoms with E-state index in [4.69, 9.17) is 31.4 Å². The number of nitro groups is 1. The molecule has 1 aromatic heterocycles. The van der Waals surface area contributed by atoms with Gasteiger partial charge in [-0.25, -0.2) is 14.7 Å². The van der Waals surface area contributed by atoms with Crippen molar-refractivity contribution in [1.82, 2.24) is 9.78 Å². The smallest absolute Gasteiger partial charge is 0.269 e. The van der Waals surface area contributed by atoms with Gasteiger partial charge in [-0.1, -0.05) is 35.9 Å². The SMILES string of the molecule is COc1ccc(NC2=Nc3ccccc3N3C2=Nc2c(c(C)nn2-c2ccc([N+](=O)[O-])cc2)[C@@H]3c2ccc(Cl)cc2)cc1. The van der Waals surface area contributed by atoms with E-state index >= 15 is 0 Å². The molecule has 0 bridgehead atoms. The Bertz CT molecular complexity index is 1930. The largest absolute Gasteiger partial charge is 0.497 e. The monoisotopic (exact) mass is 589 g/mol. The fourth-order valence-electron chi connectivity index (χ4n) is 5.46. The summed E-state index contributed by atoms with van der Waals surface area (Å²) in [6.07, 6.45) is 0. The summed E-state index contributed by atoms with van der Waals surface area (Å²) in [5, 5.41) is 20.3. The maximum atomic E-state index is 11.3. The van der Waals surface area contributed by atoms with E-state index in [0.717, 1.165) is 39.6 Å².